The van der Waals surface area contributed by atoms with Crippen LogP contribution in [0.2, 0.25) is 0 Å². The van der Waals surface area contributed by atoms with Crippen LogP contribution < -0.4 is 9.47 Å². The number of amides is 1. The fourth-order valence-corrected chi connectivity index (χ4v) is 2.97. The quantitative estimate of drug-likeness (QED) is 0.825. The summed E-state index contributed by atoms with van der Waals surface area (Å²) >= 11 is 0. The van der Waals surface area contributed by atoms with Gasteiger partial charge in [0.05, 0.1) is 32.0 Å². The van der Waals surface area contributed by atoms with Crippen LogP contribution in [0, 0.1) is 6.92 Å². The van der Waals surface area contributed by atoms with E-state index in [1.807, 2.05) is 17.9 Å². The zero-order valence-electron chi connectivity index (χ0n) is 14.8. The molecule has 2 heterocycles. The first-order valence-electron chi connectivity index (χ1n) is 8.26. The number of piperazine rings is 1. The van der Waals surface area contributed by atoms with Crippen LogP contribution in [0.15, 0.2) is 28.8 Å². The molecule has 1 fully saturated rings. The van der Waals surface area contributed by atoms with Gasteiger partial charge in [-0.25, -0.2) is 0 Å². The number of aromatic nitrogens is 1. The van der Waals surface area contributed by atoms with Crippen LogP contribution >= 0.6 is 0 Å². The molecule has 1 saturated heterocycles. The number of methoxy groups -OCH3 is 2. The van der Waals surface area contributed by atoms with E-state index < -0.39 is 0 Å². The van der Waals surface area contributed by atoms with Gasteiger partial charge in [0, 0.05) is 38.3 Å². The third kappa shape index (κ3) is 3.93. The van der Waals surface area contributed by atoms with Gasteiger partial charge in [0.25, 0.3) is 5.91 Å². The summed E-state index contributed by atoms with van der Waals surface area (Å²) in [5.41, 5.74) is 1.44. The van der Waals surface area contributed by atoms with Crippen molar-refractivity contribution >= 4 is 5.91 Å². The van der Waals surface area contributed by atoms with E-state index in [1.165, 1.54) is 0 Å². The van der Waals surface area contributed by atoms with Crippen molar-refractivity contribution < 1.29 is 18.8 Å². The normalized spacial score (nSPS) is 15.2. The van der Waals surface area contributed by atoms with Crippen molar-refractivity contribution in [2.45, 2.75) is 13.5 Å². The zero-order valence-corrected chi connectivity index (χ0v) is 14.8. The molecule has 1 amide bonds. The van der Waals surface area contributed by atoms with E-state index in [2.05, 4.69) is 10.1 Å². The zero-order chi connectivity index (χ0) is 17.8. The number of benzene rings is 1. The number of rotatable bonds is 5. The average Bonchev–Trinajstić information content (AvgIpc) is 3.06. The van der Waals surface area contributed by atoms with Gasteiger partial charge < -0.3 is 18.9 Å². The van der Waals surface area contributed by atoms with Crippen molar-refractivity contribution in [3.05, 3.63) is 41.3 Å². The molecule has 0 bridgehead atoms. The molecular weight excluding hydrogens is 322 g/mol. The number of ether oxygens (including phenoxy) is 2. The molecule has 0 atom stereocenters. The molecule has 7 nitrogen and oxygen atoms in total. The molecule has 1 aliphatic rings. The van der Waals surface area contributed by atoms with E-state index in [1.54, 1.807) is 32.4 Å². The van der Waals surface area contributed by atoms with Crippen molar-refractivity contribution in [3.8, 4) is 11.5 Å². The molecule has 1 aromatic heterocycles. The summed E-state index contributed by atoms with van der Waals surface area (Å²) in [7, 11) is 3.15. The lowest BCUT2D eigenvalue weighted by molar-refractivity contribution is 0.0614. The van der Waals surface area contributed by atoms with Crippen LogP contribution in [0.3, 0.4) is 0 Å². The third-order valence-corrected chi connectivity index (χ3v) is 4.35. The van der Waals surface area contributed by atoms with Crippen LogP contribution in [0.25, 0.3) is 0 Å². The highest BCUT2D eigenvalue weighted by Crippen LogP contribution is 2.26. The van der Waals surface area contributed by atoms with E-state index in [0.717, 1.165) is 24.5 Å². The molecule has 0 aliphatic carbocycles. The fourth-order valence-electron chi connectivity index (χ4n) is 2.97. The van der Waals surface area contributed by atoms with Gasteiger partial charge in [-0.3, -0.25) is 9.69 Å². The highest BCUT2D eigenvalue weighted by molar-refractivity contribution is 5.97. The second kappa shape index (κ2) is 7.57. The summed E-state index contributed by atoms with van der Waals surface area (Å²) in [6.07, 6.45) is 0. The Kier molecular flexibility index (Phi) is 5.23. The van der Waals surface area contributed by atoms with E-state index >= 15 is 0 Å². The first-order valence-corrected chi connectivity index (χ1v) is 8.26. The Bertz CT molecular complexity index is 736. The summed E-state index contributed by atoms with van der Waals surface area (Å²) in [5, 5.41) is 3.91. The Hall–Kier alpha value is -2.54. The van der Waals surface area contributed by atoms with Crippen LogP contribution in [0.4, 0.5) is 0 Å². The van der Waals surface area contributed by atoms with Gasteiger partial charge in [-0.2, -0.15) is 0 Å². The SMILES string of the molecule is COc1ccc(C(=O)N2CCN(Cc3cc(C)no3)CC2)c(OC)c1. The molecular formula is C18H23N3O4. The van der Waals surface area contributed by atoms with E-state index in [-0.39, 0.29) is 5.91 Å². The first kappa shape index (κ1) is 17.3. The Labute approximate surface area is 147 Å². The van der Waals surface area contributed by atoms with Gasteiger partial charge in [-0.15, -0.1) is 0 Å². The minimum atomic E-state index is -0.0188. The lowest BCUT2D eigenvalue weighted by Crippen LogP contribution is -2.48. The van der Waals surface area contributed by atoms with Gasteiger partial charge in [-0.1, -0.05) is 5.16 Å². The molecule has 7 heteroatoms. The monoisotopic (exact) mass is 345 g/mol. The lowest BCUT2D eigenvalue weighted by Gasteiger charge is -2.34. The van der Waals surface area contributed by atoms with Crippen molar-refractivity contribution in [1.82, 2.24) is 15.0 Å². The molecule has 0 unspecified atom stereocenters. The summed E-state index contributed by atoms with van der Waals surface area (Å²) < 4.78 is 15.8. The minimum Gasteiger partial charge on any atom is -0.497 e. The molecule has 134 valence electrons. The second-order valence-corrected chi connectivity index (χ2v) is 6.07. The highest BCUT2D eigenvalue weighted by Gasteiger charge is 2.25. The van der Waals surface area contributed by atoms with Gasteiger partial charge in [0.1, 0.15) is 11.5 Å². The van der Waals surface area contributed by atoms with Gasteiger partial charge >= 0.3 is 0 Å². The predicted molar refractivity (Wildman–Crippen MR) is 92.0 cm³/mol. The number of carbonyl (C=O) groups is 1. The summed E-state index contributed by atoms with van der Waals surface area (Å²) in [6.45, 7) is 5.55. The highest BCUT2D eigenvalue weighted by atomic mass is 16.5. The topological polar surface area (TPSA) is 68.0 Å². The third-order valence-electron chi connectivity index (χ3n) is 4.35. The maximum Gasteiger partial charge on any atom is 0.257 e. The maximum atomic E-state index is 12.8. The Balaban J connectivity index is 1.61. The van der Waals surface area contributed by atoms with Crippen molar-refractivity contribution in [1.29, 1.82) is 0 Å². The summed E-state index contributed by atoms with van der Waals surface area (Å²) in [5.74, 6) is 2.04. The van der Waals surface area contributed by atoms with Gasteiger partial charge in [0.15, 0.2) is 5.76 Å². The van der Waals surface area contributed by atoms with E-state index in [9.17, 15) is 4.79 Å². The molecule has 3 rings (SSSR count). The van der Waals surface area contributed by atoms with Crippen LogP contribution in [0.5, 0.6) is 11.5 Å². The Morgan fingerprint density at radius 1 is 1.16 bits per heavy atom. The Morgan fingerprint density at radius 3 is 2.52 bits per heavy atom. The summed E-state index contributed by atoms with van der Waals surface area (Å²) in [4.78, 5) is 16.9. The second-order valence-electron chi connectivity index (χ2n) is 6.07. The number of aryl methyl sites for hydroxylation is 1. The Morgan fingerprint density at radius 2 is 1.92 bits per heavy atom. The average molecular weight is 345 g/mol. The number of hydrogen-bond donors (Lipinski definition) is 0. The minimum absolute atomic E-state index is 0.0188. The molecule has 0 spiro atoms. The summed E-state index contributed by atoms with van der Waals surface area (Å²) in [6, 6.07) is 7.21. The molecule has 1 aromatic carbocycles. The smallest absolute Gasteiger partial charge is 0.257 e. The maximum absolute atomic E-state index is 12.8. The number of hydrogen-bond acceptors (Lipinski definition) is 6. The molecule has 0 radical (unpaired) electrons. The van der Waals surface area contributed by atoms with Crippen molar-refractivity contribution in [2.75, 3.05) is 40.4 Å². The fraction of sp³-hybridized carbons (Fsp3) is 0.444. The molecule has 2 aromatic rings. The van der Waals surface area contributed by atoms with Gasteiger partial charge in [0.2, 0.25) is 0 Å². The van der Waals surface area contributed by atoms with Crippen LogP contribution in [-0.2, 0) is 6.54 Å². The molecule has 0 saturated carbocycles. The molecule has 1 aliphatic heterocycles. The number of carbonyl (C=O) groups excluding carboxylic acids is 1. The van der Waals surface area contributed by atoms with Gasteiger partial charge in [-0.05, 0) is 19.1 Å². The van der Waals surface area contributed by atoms with E-state index in [0.29, 0.717) is 36.7 Å². The number of nitrogens with zero attached hydrogens (tertiary/aromatic N) is 3. The van der Waals surface area contributed by atoms with Crippen LogP contribution in [-0.4, -0.2) is 61.3 Å². The van der Waals surface area contributed by atoms with E-state index in [4.69, 9.17) is 14.0 Å². The lowest BCUT2D eigenvalue weighted by atomic mass is 10.1. The molecule has 25 heavy (non-hydrogen) atoms. The first-order chi connectivity index (χ1) is 12.1. The van der Waals surface area contributed by atoms with Crippen LogP contribution in [0.1, 0.15) is 21.8 Å². The largest absolute Gasteiger partial charge is 0.497 e. The predicted octanol–water partition coefficient (Wildman–Crippen LogP) is 1.96. The van der Waals surface area contributed by atoms with Crippen molar-refractivity contribution in [2.24, 2.45) is 0 Å². The standard InChI is InChI=1S/C18H23N3O4/c1-13-10-15(25-19-13)12-20-6-8-21(9-7-20)18(22)16-5-4-14(23-2)11-17(16)24-3/h4-5,10-11H,6-9,12H2,1-3H3. The molecule has 0 N–H and O–H groups in total. The van der Waals surface area contributed by atoms with Crippen molar-refractivity contribution in [3.63, 3.8) is 0 Å².